The Morgan fingerprint density at radius 2 is 1.61 bits per heavy atom. The number of rotatable bonds is 7. The van der Waals surface area contributed by atoms with Crippen LogP contribution in [0.5, 0.6) is 11.5 Å². The van der Waals surface area contributed by atoms with Gasteiger partial charge in [-0.05, 0) is 36.4 Å². The van der Waals surface area contributed by atoms with E-state index in [-0.39, 0.29) is 4.90 Å². The van der Waals surface area contributed by atoms with Crippen molar-refractivity contribution in [2.24, 2.45) is 0 Å². The third-order valence-corrected chi connectivity index (χ3v) is 6.01. The maximum Gasteiger partial charge on any atom is 0.262 e. The summed E-state index contributed by atoms with van der Waals surface area (Å²) in [6.07, 6.45) is 1.65. The van der Waals surface area contributed by atoms with Crippen molar-refractivity contribution in [1.29, 1.82) is 0 Å². The van der Waals surface area contributed by atoms with E-state index >= 15 is 0 Å². The molecule has 158 valence electrons. The van der Waals surface area contributed by atoms with E-state index in [1.807, 2.05) is 30.3 Å². The zero-order chi connectivity index (χ0) is 21.8. The lowest BCUT2D eigenvalue weighted by Gasteiger charge is -2.13. The fourth-order valence-corrected chi connectivity index (χ4v) is 4.08. The zero-order valence-electron chi connectivity index (χ0n) is 16.9. The molecule has 1 aromatic heterocycles. The number of sulfonamides is 1. The number of nitrogens with one attached hydrogen (secondary N) is 1. The number of hydrogen-bond donors (Lipinski definition) is 1. The fraction of sp³-hybridized carbons (Fsp3) is 0.0870. The quantitative estimate of drug-likeness (QED) is 0.446. The molecule has 0 atom stereocenters. The van der Waals surface area contributed by atoms with Crippen molar-refractivity contribution in [2.45, 2.75) is 4.90 Å². The van der Waals surface area contributed by atoms with Crippen LogP contribution in [0, 0.1) is 0 Å². The summed E-state index contributed by atoms with van der Waals surface area (Å²) in [5.41, 5.74) is 1.90. The van der Waals surface area contributed by atoms with Gasteiger partial charge >= 0.3 is 0 Å². The minimum Gasteiger partial charge on any atom is -0.497 e. The van der Waals surface area contributed by atoms with Crippen LogP contribution in [-0.2, 0) is 10.0 Å². The predicted molar refractivity (Wildman–Crippen MR) is 118 cm³/mol. The number of nitrogens with zero attached hydrogens (tertiary/aromatic N) is 1. The van der Waals surface area contributed by atoms with Crippen molar-refractivity contribution in [3.8, 4) is 34.3 Å². The fourth-order valence-electron chi connectivity index (χ4n) is 3.01. The molecule has 8 heteroatoms. The number of aromatic nitrogens is 1. The van der Waals surface area contributed by atoms with E-state index in [4.69, 9.17) is 13.9 Å². The molecule has 0 aliphatic rings. The zero-order valence-corrected chi connectivity index (χ0v) is 17.7. The highest BCUT2D eigenvalue weighted by molar-refractivity contribution is 7.92. The molecule has 0 saturated carbocycles. The molecule has 0 aliphatic carbocycles. The molecule has 7 nitrogen and oxygen atoms in total. The number of anilines is 1. The van der Waals surface area contributed by atoms with Crippen LogP contribution in [0.15, 0.2) is 88.3 Å². The lowest BCUT2D eigenvalue weighted by molar-refractivity contribution is 0.395. The Labute approximate surface area is 180 Å². The molecule has 4 rings (SSSR count). The van der Waals surface area contributed by atoms with E-state index in [9.17, 15) is 8.42 Å². The van der Waals surface area contributed by atoms with E-state index in [1.54, 1.807) is 36.5 Å². The largest absolute Gasteiger partial charge is 0.497 e. The van der Waals surface area contributed by atoms with E-state index in [0.29, 0.717) is 34.4 Å². The Bertz CT molecular complexity index is 1280. The van der Waals surface area contributed by atoms with Gasteiger partial charge in [0.2, 0.25) is 5.89 Å². The lowest BCUT2D eigenvalue weighted by Crippen LogP contribution is -2.13. The first-order chi connectivity index (χ1) is 15.0. The van der Waals surface area contributed by atoms with Crippen LogP contribution < -0.4 is 14.2 Å². The monoisotopic (exact) mass is 436 g/mol. The summed E-state index contributed by atoms with van der Waals surface area (Å²) in [6.45, 7) is 0. The van der Waals surface area contributed by atoms with Gasteiger partial charge in [-0.1, -0.05) is 30.3 Å². The average Bonchev–Trinajstić information content (AvgIpc) is 3.30. The number of ether oxygens (including phenoxy) is 2. The van der Waals surface area contributed by atoms with Crippen LogP contribution in [-0.4, -0.2) is 27.6 Å². The Morgan fingerprint density at radius 1 is 0.871 bits per heavy atom. The second-order valence-electron chi connectivity index (χ2n) is 6.59. The molecule has 0 spiro atoms. The van der Waals surface area contributed by atoms with Crippen molar-refractivity contribution < 1.29 is 22.3 Å². The van der Waals surface area contributed by atoms with Crippen LogP contribution in [0.4, 0.5) is 5.69 Å². The first kappa shape index (κ1) is 20.5. The number of oxazole rings is 1. The highest BCUT2D eigenvalue weighted by atomic mass is 32.2. The van der Waals surface area contributed by atoms with Gasteiger partial charge < -0.3 is 13.9 Å². The van der Waals surface area contributed by atoms with Gasteiger partial charge in [-0.15, -0.1) is 0 Å². The maximum atomic E-state index is 12.8. The average molecular weight is 436 g/mol. The molecule has 0 aliphatic heterocycles. The van der Waals surface area contributed by atoms with Crippen LogP contribution >= 0.6 is 0 Å². The van der Waals surface area contributed by atoms with Gasteiger partial charge in [0, 0.05) is 17.2 Å². The summed E-state index contributed by atoms with van der Waals surface area (Å²) in [4.78, 5) is 4.40. The maximum absolute atomic E-state index is 12.8. The second-order valence-corrected chi connectivity index (χ2v) is 8.27. The SMILES string of the molecule is COc1ccc(NS(=O)(=O)c2ccc(-c3ncc(-c4ccccc4)o3)cc2)c(OC)c1. The predicted octanol–water partition coefficient (Wildman–Crippen LogP) is 4.83. The molecular formula is C23H20N2O5S. The molecule has 0 radical (unpaired) electrons. The molecule has 0 saturated heterocycles. The van der Waals surface area contributed by atoms with Gasteiger partial charge in [-0.3, -0.25) is 4.72 Å². The topological polar surface area (TPSA) is 90.7 Å². The summed E-state index contributed by atoms with van der Waals surface area (Å²) in [7, 11) is -0.840. The molecule has 3 aromatic carbocycles. The molecule has 31 heavy (non-hydrogen) atoms. The molecule has 0 fully saturated rings. The van der Waals surface area contributed by atoms with Crippen molar-refractivity contribution in [3.63, 3.8) is 0 Å². The normalized spacial score (nSPS) is 11.2. The van der Waals surface area contributed by atoms with Gasteiger partial charge in [0.05, 0.1) is 31.0 Å². The standard InChI is InChI=1S/C23H20N2O5S/c1-28-18-10-13-20(21(14-18)29-2)25-31(26,27)19-11-8-17(9-12-19)23-24-15-22(30-23)16-6-4-3-5-7-16/h3-15,25H,1-2H3. The number of benzene rings is 3. The Hall–Kier alpha value is -3.78. The van der Waals surface area contributed by atoms with Gasteiger partial charge in [-0.2, -0.15) is 0 Å². The number of hydrogen-bond acceptors (Lipinski definition) is 6. The second kappa shape index (κ2) is 8.53. The van der Waals surface area contributed by atoms with Crippen LogP contribution in [0.1, 0.15) is 0 Å². The highest BCUT2D eigenvalue weighted by Gasteiger charge is 2.18. The highest BCUT2D eigenvalue weighted by Crippen LogP contribution is 2.31. The summed E-state index contributed by atoms with van der Waals surface area (Å²) in [5.74, 6) is 1.96. The van der Waals surface area contributed by atoms with Crippen molar-refractivity contribution >= 4 is 15.7 Å². The molecule has 0 unspecified atom stereocenters. The third-order valence-electron chi connectivity index (χ3n) is 4.63. The summed E-state index contributed by atoms with van der Waals surface area (Å²) < 4.78 is 44.4. The van der Waals surface area contributed by atoms with Crippen LogP contribution in [0.25, 0.3) is 22.8 Å². The minimum absolute atomic E-state index is 0.101. The van der Waals surface area contributed by atoms with Crippen molar-refractivity contribution in [2.75, 3.05) is 18.9 Å². The molecule has 4 aromatic rings. The summed E-state index contributed by atoms with van der Waals surface area (Å²) >= 11 is 0. The van der Waals surface area contributed by atoms with Crippen molar-refractivity contribution in [1.82, 2.24) is 4.98 Å². The lowest BCUT2D eigenvalue weighted by atomic mass is 10.2. The first-order valence-corrected chi connectivity index (χ1v) is 10.8. The smallest absolute Gasteiger partial charge is 0.262 e. The van der Waals surface area contributed by atoms with E-state index in [1.165, 1.54) is 26.4 Å². The van der Waals surface area contributed by atoms with Crippen LogP contribution in [0.2, 0.25) is 0 Å². The van der Waals surface area contributed by atoms with Gasteiger partial charge in [0.15, 0.2) is 5.76 Å². The van der Waals surface area contributed by atoms with E-state index in [2.05, 4.69) is 9.71 Å². The van der Waals surface area contributed by atoms with Crippen molar-refractivity contribution in [3.05, 3.63) is 79.0 Å². The van der Waals surface area contributed by atoms with Gasteiger partial charge in [0.25, 0.3) is 10.0 Å². The summed E-state index contributed by atoms with van der Waals surface area (Å²) in [5, 5.41) is 0. The molecule has 0 amide bonds. The minimum atomic E-state index is -3.82. The molecule has 0 bridgehead atoms. The third kappa shape index (κ3) is 4.39. The summed E-state index contributed by atoms with van der Waals surface area (Å²) in [6, 6.07) is 20.8. The Kier molecular flexibility index (Phi) is 5.64. The van der Waals surface area contributed by atoms with Gasteiger partial charge in [-0.25, -0.2) is 13.4 Å². The Balaban J connectivity index is 1.56. The van der Waals surface area contributed by atoms with E-state index < -0.39 is 10.0 Å². The Morgan fingerprint density at radius 3 is 2.29 bits per heavy atom. The first-order valence-electron chi connectivity index (χ1n) is 9.37. The van der Waals surface area contributed by atoms with E-state index in [0.717, 1.165) is 5.56 Å². The molecular weight excluding hydrogens is 416 g/mol. The van der Waals surface area contributed by atoms with Crippen LogP contribution in [0.3, 0.4) is 0 Å². The molecule has 1 heterocycles. The molecule has 1 N–H and O–H groups in total. The number of methoxy groups -OCH3 is 2. The van der Waals surface area contributed by atoms with Gasteiger partial charge in [0.1, 0.15) is 11.5 Å².